The zero-order valence-corrected chi connectivity index (χ0v) is 12.4. The van der Waals surface area contributed by atoms with Crippen molar-refractivity contribution in [3.8, 4) is 0 Å². The van der Waals surface area contributed by atoms with Crippen molar-refractivity contribution in [2.45, 2.75) is 6.04 Å². The highest BCUT2D eigenvalue weighted by atomic mass is 127. The summed E-state index contributed by atoms with van der Waals surface area (Å²) in [5, 5.41) is 12.3. The number of halogens is 1. The molecular formula is C15H14INO2. The van der Waals surface area contributed by atoms with E-state index >= 15 is 0 Å². The summed E-state index contributed by atoms with van der Waals surface area (Å²) >= 11 is 2.22. The number of aliphatic hydroxyl groups is 1. The quantitative estimate of drug-likeness (QED) is 0.817. The molecule has 2 N–H and O–H groups in total. The molecule has 1 amide bonds. The summed E-state index contributed by atoms with van der Waals surface area (Å²) in [5.74, 6) is -0.182. The number of rotatable bonds is 4. The third kappa shape index (κ3) is 3.78. The molecule has 2 rings (SSSR count). The third-order valence-electron chi connectivity index (χ3n) is 2.80. The maximum atomic E-state index is 12.0. The molecule has 98 valence electrons. The first-order valence-corrected chi connectivity index (χ1v) is 7.01. The second-order valence-electron chi connectivity index (χ2n) is 4.13. The predicted molar refractivity (Wildman–Crippen MR) is 82.9 cm³/mol. The molecule has 0 aliphatic rings. The van der Waals surface area contributed by atoms with E-state index < -0.39 is 0 Å². The fourth-order valence-corrected chi connectivity index (χ4v) is 2.12. The molecular weight excluding hydrogens is 353 g/mol. The predicted octanol–water partition coefficient (Wildman–Crippen LogP) is 2.75. The van der Waals surface area contributed by atoms with Crippen LogP contribution in [0.25, 0.3) is 0 Å². The minimum atomic E-state index is -0.385. The Balaban J connectivity index is 2.11. The minimum absolute atomic E-state index is 0.126. The van der Waals surface area contributed by atoms with Crippen molar-refractivity contribution >= 4 is 28.5 Å². The molecule has 0 aliphatic heterocycles. The maximum Gasteiger partial charge on any atom is 0.251 e. The van der Waals surface area contributed by atoms with Gasteiger partial charge in [-0.2, -0.15) is 0 Å². The van der Waals surface area contributed by atoms with Gasteiger partial charge in [0.1, 0.15) is 0 Å². The van der Waals surface area contributed by atoms with Gasteiger partial charge in [0, 0.05) is 9.13 Å². The number of aliphatic hydroxyl groups excluding tert-OH is 1. The average Bonchev–Trinajstić information content (AvgIpc) is 2.46. The van der Waals surface area contributed by atoms with Gasteiger partial charge in [0.25, 0.3) is 5.91 Å². The van der Waals surface area contributed by atoms with Gasteiger partial charge in [-0.3, -0.25) is 4.79 Å². The van der Waals surface area contributed by atoms with E-state index in [1.165, 1.54) is 0 Å². The van der Waals surface area contributed by atoms with Gasteiger partial charge in [-0.1, -0.05) is 30.3 Å². The Morgan fingerprint density at radius 2 is 1.74 bits per heavy atom. The van der Waals surface area contributed by atoms with Crippen molar-refractivity contribution in [1.82, 2.24) is 5.32 Å². The van der Waals surface area contributed by atoms with E-state index in [4.69, 9.17) is 0 Å². The Morgan fingerprint density at radius 3 is 2.32 bits per heavy atom. The van der Waals surface area contributed by atoms with E-state index in [0.717, 1.165) is 9.13 Å². The summed E-state index contributed by atoms with van der Waals surface area (Å²) in [6.07, 6.45) is 0. The Bertz CT molecular complexity index is 540. The van der Waals surface area contributed by atoms with Crippen LogP contribution in [0.2, 0.25) is 0 Å². The van der Waals surface area contributed by atoms with Gasteiger partial charge in [-0.15, -0.1) is 0 Å². The van der Waals surface area contributed by atoms with Gasteiger partial charge in [0.15, 0.2) is 0 Å². The van der Waals surface area contributed by atoms with Crippen LogP contribution in [-0.4, -0.2) is 17.6 Å². The third-order valence-corrected chi connectivity index (χ3v) is 3.52. The molecule has 2 aromatic rings. The van der Waals surface area contributed by atoms with E-state index in [-0.39, 0.29) is 18.6 Å². The molecule has 3 nitrogen and oxygen atoms in total. The van der Waals surface area contributed by atoms with E-state index in [9.17, 15) is 9.90 Å². The smallest absolute Gasteiger partial charge is 0.251 e. The number of amides is 1. The molecule has 0 heterocycles. The van der Waals surface area contributed by atoms with E-state index in [2.05, 4.69) is 27.9 Å². The zero-order valence-electron chi connectivity index (χ0n) is 10.2. The number of hydrogen-bond acceptors (Lipinski definition) is 2. The highest BCUT2D eigenvalue weighted by molar-refractivity contribution is 14.1. The average molecular weight is 367 g/mol. The lowest BCUT2D eigenvalue weighted by Gasteiger charge is -2.17. The fourth-order valence-electron chi connectivity index (χ4n) is 1.76. The highest BCUT2D eigenvalue weighted by Crippen LogP contribution is 2.15. The molecule has 0 saturated heterocycles. The number of benzene rings is 2. The van der Waals surface area contributed by atoms with Crippen molar-refractivity contribution in [3.05, 3.63) is 69.3 Å². The fraction of sp³-hybridized carbons (Fsp3) is 0.133. The van der Waals surface area contributed by atoms with Crippen molar-refractivity contribution in [1.29, 1.82) is 0 Å². The van der Waals surface area contributed by atoms with Crippen LogP contribution < -0.4 is 5.32 Å². The summed E-state index contributed by atoms with van der Waals surface area (Å²) < 4.78 is 1.12. The van der Waals surface area contributed by atoms with Crippen LogP contribution >= 0.6 is 22.6 Å². The Morgan fingerprint density at radius 1 is 1.11 bits per heavy atom. The number of hydrogen-bond donors (Lipinski definition) is 2. The number of carbonyl (C=O) groups is 1. The molecule has 4 heteroatoms. The van der Waals surface area contributed by atoms with Crippen LogP contribution in [0, 0.1) is 3.57 Å². The minimum Gasteiger partial charge on any atom is -0.394 e. The topological polar surface area (TPSA) is 49.3 Å². The molecule has 0 aliphatic carbocycles. The first-order valence-electron chi connectivity index (χ1n) is 5.93. The molecule has 0 saturated carbocycles. The van der Waals surface area contributed by atoms with E-state index in [0.29, 0.717) is 5.56 Å². The van der Waals surface area contributed by atoms with E-state index in [1.807, 2.05) is 42.5 Å². The Hall–Kier alpha value is -1.40. The number of nitrogens with one attached hydrogen (secondary N) is 1. The molecule has 19 heavy (non-hydrogen) atoms. The highest BCUT2D eigenvalue weighted by Gasteiger charge is 2.14. The normalized spacial score (nSPS) is 11.9. The SMILES string of the molecule is O=C(NC(CO)c1ccc(I)cc1)c1ccccc1. The van der Waals surface area contributed by atoms with Gasteiger partial charge >= 0.3 is 0 Å². The molecule has 1 atom stereocenters. The molecule has 0 fully saturated rings. The van der Waals surface area contributed by atoms with Crippen LogP contribution in [0.5, 0.6) is 0 Å². The second-order valence-corrected chi connectivity index (χ2v) is 5.37. The van der Waals surface area contributed by atoms with Crippen molar-refractivity contribution in [2.24, 2.45) is 0 Å². The van der Waals surface area contributed by atoms with Crippen LogP contribution in [0.3, 0.4) is 0 Å². The maximum absolute atomic E-state index is 12.0. The van der Waals surface area contributed by atoms with Gasteiger partial charge in [0.05, 0.1) is 12.6 Å². The largest absolute Gasteiger partial charge is 0.394 e. The first kappa shape index (κ1) is 14.0. The lowest BCUT2D eigenvalue weighted by molar-refractivity contribution is 0.0916. The summed E-state index contributed by atoms with van der Waals surface area (Å²) in [6, 6.07) is 16.3. The molecule has 0 bridgehead atoms. The lowest BCUT2D eigenvalue weighted by Crippen LogP contribution is -2.30. The van der Waals surface area contributed by atoms with E-state index in [1.54, 1.807) is 12.1 Å². The second kappa shape index (κ2) is 6.68. The Kier molecular flexibility index (Phi) is 4.93. The van der Waals surface area contributed by atoms with Crippen molar-refractivity contribution in [2.75, 3.05) is 6.61 Å². The molecule has 0 radical (unpaired) electrons. The van der Waals surface area contributed by atoms with Crippen molar-refractivity contribution in [3.63, 3.8) is 0 Å². The summed E-state index contributed by atoms with van der Waals surface area (Å²) in [5.41, 5.74) is 1.48. The molecule has 0 aromatic heterocycles. The standard InChI is InChI=1S/C15H14INO2/c16-13-8-6-11(7-9-13)14(10-18)17-15(19)12-4-2-1-3-5-12/h1-9,14,18H,10H2,(H,17,19). The van der Waals surface area contributed by atoms with Gasteiger partial charge in [0.2, 0.25) is 0 Å². The van der Waals surface area contributed by atoms with Crippen LogP contribution in [0.1, 0.15) is 22.0 Å². The number of carbonyl (C=O) groups excluding carboxylic acids is 1. The summed E-state index contributed by atoms with van der Waals surface area (Å²) in [7, 11) is 0. The zero-order chi connectivity index (χ0) is 13.7. The van der Waals surface area contributed by atoms with Crippen LogP contribution in [0.15, 0.2) is 54.6 Å². The lowest BCUT2D eigenvalue weighted by atomic mass is 10.1. The van der Waals surface area contributed by atoms with Gasteiger partial charge in [-0.25, -0.2) is 0 Å². The molecule has 0 spiro atoms. The first-order chi connectivity index (χ1) is 9.20. The summed E-state index contributed by atoms with van der Waals surface area (Å²) in [6.45, 7) is -0.126. The Labute approximate surface area is 125 Å². The van der Waals surface area contributed by atoms with Gasteiger partial charge < -0.3 is 10.4 Å². The van der Waals surface area contributed by atoms with Crippen LogP contribution in [-0.2, 0) is 0 Å². The molecule has 2 aromatic carbocycles. The summed E-state index contributed by atoms with van der Waals surface area (Å²) in [4.78, 5) is 12.0. The monoisotopic (exact) mass is 367 g/mol. The van der Waals surface area contributed by atoms with Crippen molar-refractivity contribution < 1.29 is 9.90 Å². The van der Waals surface area contributed by atoms with Crippen LogP contribution in [0.4, 0.5) is 0 Å². The van der Waals surface area contributed by atoms with Gasteiger partial charge in [-0.05, 0) is 52.4 Å². The molecule has 1 unspecified atom stereocenters.